The third-order valence-electron chi connectivity index (χ3n) is 3.51. The number of carboxylic acids is 1. The van der Waals surface area contributed by atoms with Gasteiger partial charge in [0.1, 0.15) is 0 Å². The van der Waals surface area contributed by atoms with Crippen molar-refractivity contribution in [1.29, 1.82) is 5.26 Å². The molecule has 5 nitrogen and oxygen atoms in total. The Labute approximate surface area is 132 Å². The molecule has 112 valence electrons. The minimum Gasteiger partial charge on any atom is -0.478 e. The Morgan fingerprint density at radius 1 is 1.38 bits per heavy atom. The molecular weight excluding hydrogens is 337 g/mol. The van der Waals surface area contributed by atoms with Crippen LogP contribution in [0.4, 0.5) is 0 Å². The standard InChI is InChI=1S/C13H11Cl2NO4S/c14-8-1-2-9(11(15)10(8)12(17)18)21(19,20)7-13(3-4-13)5-6-16/h1-2H,3-5,7H2,(H,17,18). The molecule has 1 aliphatic carbocycles. The summed E-state index contributed by atoms with van der Waals surface area (Å²) in [6, 6.07) is 4.39. The van der Waals surface area contributed by atoms with Crippen molar-refractivity contribution < 1.29 is 18.3 Å². The first kappa shape index (κ1) is 16.1. The van der Waals surface area contributed by atoms with Gasteiger partial charge in [-0.25, -0.2) is 13.2 Å². The number of carbonyl (C=O) groups is 1. The monoisotopic (exact) mass is 347 g/mol. The second-order valence-corrected chi connectivity index (χ2v) is 7.88. The molecule has 1 N–H and O–H groups in total. The van der Waals surface area contributed by atoms with Gasteiger partial charge in [-0.15, -0.1) is 0 Å². The van der Waals surface area contributed by atoms with Crippen LogP contribution in [0.15, 0.2) is 17.0 Å². The molecule has 1 fully saturated rings. The number of nitriles is 1. The van der Waals surface area contributed by atoms with Crippen molar-refractivity contribution in [2.75, 3.05) is 5.75 Å². The summed E-state index contributed by atoms with van der Waals surface area (Å²) in [4.78, 5) is 10.9. The zero-order chi connectivity index (χ0) is 15.8. The van der Waals surface area contributed by atoms with Crippen LogP contribution in [0, 0.1) is 16.7 Å². The van der Waals surface area contributed by atoms with Crippen LogP contribution in [0.2, 0.25) is 10.0 Å². The summed E-state index contributed by atoms with van der Waals surface area (Å²) in [5.41, 5.74) is -0.954. The van der Waals surface area contributed by atoms with Gasteiger partial charge in [0.25, 0.3) is 0 Å². The summed E-state index contributed by atoms with van der Waals surface area (Å²) in [6.45, 7) is 0. The molecule has 1 aromatic carbocycles. The van der Waals surface area contributed by atoms with E-state index in [4.69, 9.17) is 33.6 Å². The van der Waals surface area contributed by atoms with Crippen LogP contribution in [-0.2, 0) is 9.84 Å². The number of hydrogen-bond donors (Lipinski definition) is 1. The number of carboxylic acid groups (broad SMARTS) is 1. The lowest BCUT2D eigenvalue weighted by molar-refractivity contribution is 0.0697. The molecule has 0 aliphatic heterocycles. The van der Waals surface area contributed by atoms with Gasteiger partial charge in [-0.05, 0) is 30.4 Å². The largest absolute Gasteiger partial charge is 0.478 e. The summed E-state index contributed by atoms with van der Waals surface area (Å²) >= 11 is 11.6. The zero-order valence-electron chi connectivity index (χ0n) is 10.8. The quantitative estimate of drug-likeness (QED) is 0.882. The van der Waals surface area contributed by atoms with E-state index in [9.17, 15) is 13.2 Å². The maximum atomic E-state index is 12.4. The first-order chi connectivity index (χ1) is 9.72. The SMILES string of the molecule is N#CCC1(CS(=O)(=O)c2ccc(Cl)c(C(=O)O)c2Cl)CC1. The van der Waals surface area contributed by atoms with Crippen LogP contribution in [0.1, 0.15) is 29.6 Å². The minimum absolute atomic E-state index is 0.121. The van der Waals surface area contributed by atoms with Gasteiger partial charge in [0.2, 0.25) is 0 Å². The van der Waals surface area contributed by atoms with E-state index in [1.165, 1.54) is 12.1 Å². The Hall–Kier alpha value is -1.29. The Balaban J connectivity index is 2.45. The highest BCUT2D eigenvalue weighted by Gasteiger charge is 2.46. The van der Waals surface area contributed by atoms with Crippen molar-refractivity contribution in [2.45, 2.75) is 24.2 Å². The van der Waals surface area contributed by atoms with Crippen LogP contribution >= 0.6 is 23.2 Å². The Bertz CT molecular complexity index is 748. The van der Waals surface area contributed by atoms with E-state index in [1.807, 2.05) is 6.07 Å². The number of sulfone groups is 1. The minimum atomic E-state index is -3.79. The van der Waals surface area contributed by atoms with Crippen LogP contribution in [-0.4, -0.2) is 25.2 Å². The molecular formula is C13H11Cl2NO4S. The number of nitrogens with zero attached hydrogens (tertiary/aromatic N) is 1. The predicted molar refractivity (Wildman–Crippen MR) is 77.4 cm³/mol. The van der Waals surface area contributed by atoms with Crippen LogP contribution in [0.3, 0.4) is 0 Å². The van der Waals surface area contributed by atoms with Crippen molar-refractivity contribution in [3.05, 3.63) is 27.7 Å². The molecule has 0 aromatic heterocycles. The number of benzene rings is 1. The molecule has 1 saturated carbocycles. The van der Waals surface area contributed by atoms with Gasteiger partial charge in [-0.2, -0.15) is 5.26 Å². The maximum Gasteiger partial charge on any atom is 0.338 e. The number of halogens is 2. The molecule has 1 aliphatic rings. The van der Waals surface area contributed by atoms with Gasteiger partial charge in [-0.1, -0.05) is 23.2 Å². The van der Waals surface area contributed by atoms with Crippen LogP contribution < -0.4 is 0 Å². The van der Waals surface area contributed by atoms with Gasteiger partial charge in [0.15, 0.2) is 9.84 Å². The summed E-state index contributed by atoms with van der Waals surface area (Å²) in [5, 5.41) is 17.3. The lowest BCUT2D eigenvalue weighted by Crippen LogP contribution is -2.18. The third-order valence-corrected chi connectivity index (χ3v) is 6.33. The Morgan fingerprint density at radius 2 is 2.00 bits per heavy atom. The number of hydrogen-bond acceptors (Lipinski definition) is 4. The fraction of sp³-hybridized carbons (Fsp3) is 0.385. The van der Waals surface area contributed by atoms with Crippen molar-refractivity contribution >= 4 is 39.0 Å². The van der Waals surface area contributed by atoms with E-state index < -0.39 is 26.8 Å². The second kappa shape index (κ2) is 5.48. The smallest absolute Gasteiger partial charge is 0.338 e. The average Bonchev–Trinajstić information content (AvgIpc) is 3.07. The van der Waals surface area contributed by atoms with Crippen molar-refractivity contribution in [1.82, 2.24) is 0 Å². The van der Waals surface area contributed by atoms with E-state index in [0.29, 0.717) is 12.8 Å². The molecule has 0 heterocycles. The summed E-state index contributed by atoms with van der Waals surface area (Å²) in [6.07, 6.45) is 1.48. The molecule has 2 rings (SSSR count). The molecule has 0 saturated heterocycles. The molecule has 0 unspecified atom stereocenters. The lowest BCUT2D eigenvalue weighted by atomic mass is 10.1. The highest BCUT2D eigenvalue weighted by Crippen LogP contribution is 2.50. The lowest BCUT2D eigenvalue weighted by Gasteiger charge is -2.14. The van der Waals surface area contributed by atoms with Crippen LogP contribution in [0.25, 0.3) is 0 Å². The summed E-state index contributed by atoms with van der Waals surface area (Å²) in [7, 11) is -3.79. The van der Waals surface area contributed by atoms with Crippen LogP contribution in [0.5, 0.6) is 0 Å². The van der Waals surface area contributed by atoms with E-state index in [1.54, 1.807) is 0 Å². The van der Waals surface area contributed by atoms with Crippen molar-refractivity contribution in [2.24, 2.45) is 5.41 Å². The first-order valence-corrected chi connectivity index (χ1v) is 8.44. The van der Waals surface area contributed by atoms with Gasteiger partial charge < -0.3 is 5.11 Å². The summed E-state index contributed by atoms with van der Waals surface area (Å²) < 4.78 is 24.9. The zero-order valence-corrected chi connectivity index (χ0v) is 13.1. The second-order valence-electron chi connectivity index (χ2n) is 5.13. The van der Waals surface area contributed by atoms with Gasteiger partial charge in [0.05, 0.1) is 32.3 Å². The molecule has 8 heteroatoms. The average molecular weight is 348 g/mol. The fourth-order valence-corrected chi connectivity index (χ4v) is 5.05. The highest BCUT2D eigenvalue weighted by molar-refractivity contribution is 7.91. The summed E-state index contributed by atoms with van der Waals surface area (Å²) in [5.74, 6) is -1.60. The third kappa shape index (κ3) is 3.15. The number of aromatic carboxylic acids is 1. The molecule has 0 radical (unpaired) electrons. The van der Waals surface area contributed by atoms with Gasteiger partial charge >= 0.3 is 5.97 Å². The van der Waals surface area contributed by atoms with Gasteiger partial charge in [-0.3, -0.25) is 0 Å². The van der Waals surface area contributed by atoms with E-state index in [2.05, 4.69) is 0 Å². The topological polar surface area (TPSA) is 95.2 Å². The van der Waals surface area contributed by atoms with Gasteiger partial charge in [0, 0.05) is 6.42 Å². The van der Waals surface area contributed by atoms with E-state index >= 15 is 0 Å². The Kier molecular flexibility index (Phi) is 4.20. The predicted octanol–water partition coefficient (Wildman–Crippen LogP) is 3.16. The molecule has 0 bridgehead atoms. The number of rotatable bonds is 5. The van der Waals surface area contributed by atoms with Crippen molar-refractivity contribution in [3.63, 3.8) is 0 Å². The Morgan fingerprint density at radius 3 is 2.48 bits per heavy atom. The normalized spacial score (nSPS) is 16.2. The van der Waals surface area contributed by atoms with Crippen molar-refractivity contribution in [3.8, 4) is 6.07 Å². The fourth-order valence-electron chi connectivity index (χ4n) is 2.17. The van der Waals surface area contributed by atoms with E-state index in [0.717, 1.165) is 0 Å². The molecule has 0 spiro atoms. The maximum absolute atomic E-state index is 12.4. The van der Waals surface area contributed by atoms with E-state index in [-0.39, 0.29) is 27.1 Å². The first-order valence-electron chi connectivity index (χ1n) is 6.03. The highest BCUT2D eigenvalue weighted by atomic mass is 35.5. The molecule has 21 heavy (non-hydrogen) atoms. The molecule has 0 amide bonds. The molecule has 0 atom stereocenters. The molecule has 1 aromatic rings.